The third-order valence-corrected chi connectivity index (χ3v) is 1.31. The van der Waals surface area contributed by atoms with Gasteiger partial charge in [-0.25, -0.2) is 0 Å². The molecule has 0 saturated heterocycles. The van der Waals surface area contributed by atoms with Crippen LogP contribution < -0.4 is 0 Å². The lowest BCUT2D eigenvalue weighted by Gasteiger charge is -2.07. The van der Waals surface area contributed by atoms with Crippen LogP contribution in [-0.4, -0.2) is 24.1 Å². The molecule has 0 radical (unpaired) electrons. The Morgan fingerprint density at radius 3 is 2.36 bits per heavy atom. The molecular formula is C7H8BNO2. The molecule has 0 aliphatic carbocycles. The third-order valence-electron chi connectivity index (χ3n) is 1.31. The van der Waals surface area contributed by atoms with Gasteiger partial charge in [-0.3, -0.25) is 15.0 Å². The fourth-order valence-corrected chi connectivity index (χ4v) is 0.768. The highest BCUT2D eigenvalue weighted by atomic mass is 16.5. The summed E-state index contributed by atoms with van der Waals surface area (Å²) in [5, 5.41) is 8.76. The van der Waals surface area contributed by atoms with E-state index in [1.807, 2.05) is 6.07 Å². The molecule has 4 heteroatoms. The van der Waals surface area contributed by atoms with Crippen molar-refractivity contribution >= 4 is 13.9 Å². The summed E-state index contributed by atoms with van der Waals surface area (Å²) in [6, 6.07) is 8.60. The second-order valence-corrected chi connectivity index (χ2v) is 2.19. The van der Waals surface area contributed by atoms with Crippen LogP contribution >= 0.6 is 0 Å². The van der Waals surface area contributed by atoms with Crippen molar-refractivity contribution in [1.82, 2.24) is 4.97 Å². The van der Waals surface area contributed by atoms with E-state index in [2.05, 4.69) is 0 Å². The molecule has 0 aromatic heterocycles. The fraction of sp³-hybridized carbons (Fsp3) is 0. The Hall–Kier alpha value is -1.29. The third kappa shape index (κ3) is 1.81. The number of rotatable bonds is 1. The lowest BCUT2D eigenvalue weighted by Crippen LogP contribution is -2.23. The molecule has 0 atom stereocenters. The first-order valence-corrected chi connectivity index (χ1v) is 3.24. The molecule has 3 nitrogen and oxygen atoms in total. The van der Waals surface area contributed by atoms with Gasteiger partial charge in [-0.2, -0.15) is 0 Å². The maximum Gasteiger partial charge on any atom is 0.263 e. The minimum absolute atomic E-state index is 0.398. The maximum atomic E-state index is 11.0. The van der Waals surface area contributed by atoms with Crippen LogP contribution in [0.4, 0.5) is 0 Å². The second kappa shape index (κ2) is 3.21. The first-order chi connectivity index (χ1) is 5.22. The van der Waals surface area contributed by atoms with Crippen LogP contribution in [0.2, 0.25) is 0 Å². The van der Waals surface area contributed by atoms with Gasteiger partial charge in [-0.15, -0.1) is 0 Å². The topological polar surface area (TPSA) is 40.5 Å². The number of carbonyl (C=O) groups excluding carboxylic acids is 1. The molecule has 0 fully saturated rings. The first-order valence-electron chi connectivity index (χ1n) is 3.24. The van der Waals surface area contributed by atoms with Gasteiger partial charge in [0.15, 0.2) is 0 Å². The summed E-state index contributed by atoms with van der Waals surface area (Å²) in [4.78, 5) is 11.6. The van der Waals surface area contributed by atoms with Crippen LogP contribution in [0.5, 0.6) is 0 Å². The summed E-state index contributed by atoms with van der Waals surface area (Å²) in [5.74, 6) is -0.398. The highest BCUT2D eigenvalue weighted by Gasteiger charge is 2.06. The van der Waals surface area contributed by atoms with Crippen molar-refractivity contribution in [1.29, 1.82) is 0 Å². The molecule has 1 rings (SSSR count). The average molecular weight is 149 g/mol. The van der Waals surface area contributed by atoms with Crippen molar-refractivity contribution in [2.75, 3.05) is 0 Å². The standard InChI is InChI=1S/C7H8BNO2/c8-9(11)7(10)6-4-2-1-3-5-6/h1-5,11H,8H2. The summed E-state index contributed by atoms with van der Waals surface area (Å²) < 4.78 is 0. The Bertz CT molecular complexity index is 248. The van der Waals surface area contributed by atoms with Gasteiger partial charge in [-0.1, -0.05) is 18.2 Å². The predicted molar refractivity (Wildman–Crippen MR) is 42.9 cm³/mol. The SMILES string of the molecule is BN(O)C(=O)c1ccccc1. The molecule has 0 unspecified atom stereocenters. The molecule has 1 aromatic carbocycles. The molecule has 0 spiro atoms. The molecule has 0 bridgehead atoms. The van der Waals surface area contributed by atoms with E-state index in [1.54, 1.807) is 24.3 Å². The Morgan fingerprint density at radius 2 is 1.91 bits per heavy atom. The maximum absolute atomic E-state index is 11.0. The van der Waals surface area contributed by atoms with Gasteiger partial charge in [0.25, 0.3) is 13.9 Å². The van der Waals surface area contributed by atoms with E-state index in [0.29, 0.717) is 10.5 Å². The quantitative estimate of drug-likeness (QED) is 0.348. The van der Waals surface area contributed by atoms with E-state index in [9.17, 15) is 4.79 Å². The van der Waals surface area contributed by atoms with Crippen LogP contribution in [0.25, 0.3) is 0 Å². The number of carbonyl (C=O) groups is 1. The van der Waals surface area contributed by atoms with Gasteiger partial charge < -0.3 is 0 Å². The van der Waals surface area contributed by atoms with Gasteiger partial charge in [0.1, 0.15) is 0 Å². The van der Waals surface area contributed by atoms with Crippen molar-refractivity contribution in [3.05, 3.63) is 35.9 Å². The molecule has 1 N–H and O–H groups in total. The molecule has 0 saturated carbocycles. The van der Waals surface area contributed by atoms with Gasteiger partial charge >= 0.3 is 0 Å². The number of benzene rings is 1. The van der Waals surface area contributed by atoms with Gasteiger partial charge in [0.05, 0.1) is 0 Å². The summed E-state index contributed by atoms with van der Waals surface area (Å²) in [6.07, 6.45) is 0. The van der Waals surface area contributed by atoms with E-state index in [0.717, 1.165) is 0 Å². The zero-order valence-electron chi connectivity index (χ0n) is 6.19. The zero-order chi connectivity index (χ0) is 8.27. The Balaban J connectivity index is 2.86. The van der Waals surface area contributed by atoms with Crippen molar-refractivity contribution in [2.24, 2.45) is 0 Å². The van der Waals surface area contributed by atoms with Crippen LogP contribution in [0.3, 0.4) is 0 Å². The minimum Gasteiger partial charge on any atom is -0.300 e. The summed E-state index contributed by atoms with van der Waals surface area (Å²) in [6.45, 7) is 0. The molecule has 11 heavy (non-hydrogen) atoms. The van der Waals surface area contributed by atoms with Gasteiger partial charge in [0.2, 0.25) is 0 Å². The summed E-state index contributed by atoms with van der Waals surface area (Å²) in [7, 11) is 1.30. The molecule has 0 heterocycles. The average Bonchev–Trinajstić information content (AvgIpc) is 2.05. The minimum atomic E-state index is -0.398. The smallest absolute Gasteiger partial charge is 0.263 e. The Labute approximate surface area is 65.6 Å². The van der Waals surface area contributed by atoms with E-state index >= 15 is 0 Å². The number of nitrogens with zero attached hydrogens (tertiary/aromatic N) is 1. The zero-order valence-corrected chi connectivity index (χ0v) is 6.19. The van der Waals surface area contributed by atoms with E-state index in [-0.39, 0.29) is 0 Å². The van der Waals surface area contributed by atoms with E-state index in [4.69, 9.17) is 5.21 Å². The van der Waals surface area contributed by atoms with Crippen LogP contribution in [0.1, 0.15) is 10.4 Å². The molecule has 1 aromatic rings. The highest BCUT2D eigenvalue weighted by Crippen LogP contribution is 1.99. The predicted octanol–water partition coefficient (Wildman–Crippen LogP) is 0.0661. The lowest BCUT2D eigenvalue weighted by atomic mass is 10.2. The Morgan fingerprint density at radius 1 is 1.36 bits per heavy atom. The normalized spacial score (nSPS) is 9.18. The molecule has 0 aliphatic rings. The van der Waals surface area contributed by atoms with Gasteiger partial charge in [-0.05, 0) is 12.1 Å². The monoisotopic (exact) mass is 149 g/mol. The molecule has 1 amide bonds. The van der Waals surface area contributed by atoms with Gasteiger partial charge in [0, 0.05) is 5.56 Å². The number of amides is 1. The van der Waals surface area contributed by atoms with Crippen LogP contribution in [0, 0.1) is 0 Å². The molecular weight excluding hydrogens is 141 g/mol. The summed E-state index contributed by atoms with van der Waals surface area (Å²) >= 11 is 0. The number of hydrogen-bond donors (Lipinski definition) is 1. The largest absolute Gasteiger partial charge is 0.300 e. The number of hydroxylamine groups is 1. The Kier molecular flexibility index (Phi) is 2.28. The summed E-state index contributed by atoms with van der Waals surface area (Å²) in [5.41, 5.74) is 0.484. The van der Waals surface area contributed by atoms with E-state index < -0.39 is 5.91 Å². The van der Waals surface area contributed by atoms with Crippen LogP contribution in [0.15, 0.2) is 30.3 Å². The second-order valence-electron chi connectivity index (χ2n) is 2.19. The highest BCUT2D eigenvalue weighted by molar-refractivity contribution is 6.16. The first kappa shape index (κ1) is 7.82. The van der Waals surface area contributed by atoms with Crippen molar-refractivity contribution in [3.63, 3.8) is 0 Å². The molecule has 0 aliphatic heterocycles. The lowest BCUT2D eigenvalue weighted by molar-refractivity contribution is 0.00863. The molecule has 56 valence electrons. The van der Waals surface area contributed by atoms with Crippen molar-refractivity contribution in [2.45, 2.75) is 0 Å². The van der Waals surface area contributed by atoms with Crippen molar-refractivity contribution in [3.8, 4) is 0 Å². The number of hydrogen-bond acceptors (Lipinski definition) is 2. The van der Waals surface area contributed by atoms with Crippen LogP contribution in [-0.2, 0) is 0 Å². The fourth-order valence-electron chi connectivity index (χ4n) is 0.768. The van der Waals surface area contributed by atoms with E-state index in [1.165, 1.54) is 7.98 Å². The van der Waals surface area contributed by atoms with Crippen molar-refractivity contribution < 1.29 is 10.0 Å².